The summed E-state index contributed by atoms with van der Waals surface area (Å²) in [5, 5.41) is -0.402. The Labute approximate surface area is 121 Å². The van der Waals surface area contributed by atoms with Crippen LogP contribution in [0, 0.1) is 0 Å². The van der Waals surface area contributed by atoms with Gasteiger partial charge in [-0.3, -0.25) is 9.69 Å². The number of sulfone groups is 1. The number of carbonyl (C=O) groups is 1. The van der Waals surface area contributed by atoms with Gasteiger partial charge in [0.2, 0.25) is 0 Å². The van der Waals surface area contributed by atoms with Crippen LogP contribution in [0.1, 0.15) is 5.56 Å². The van der Waals surface area contributed by atoms with Crippen molar-refractivity contribution in [3.8, 4) is 0 Å². The third-order valence-electron chi connectivity index (χ3n) is 3.18. The first-order valence-corrected chi connectivity index (χ1v) is 7.77. The van der Waals surface area contributed by atoms with Crippen molar-refractivity contribution >= 4 is 32.4 Å². The van der Waals surface area contributed by atoms with Gasteiger partial charge < -0.3 is 0 Å². The van der Waals surface area contributed by atoms with E-state index in [1.54, 1.807) is 42.5 Å². The Morgan fingerprint density at radius 2 is 1.65 bits per heavy atom. The van der Waals surface area contributed by atoms with Crippen LogP contribution in [0.25, 0.3) is 0 Å². The highest BCUT2D eigenvalue weighted by Gasteiger charge is 2.41. The van der Waals surface area contributed by atoms with Gasteiger partial charge in [0.1, 0.15) is 4.90 Å². The predicted octanol–water partition coefficient (Wildman–Crippen LogP) is 3.25. The number of carbonyl (C=O) groups excluding carboxylic acids is 1. The average Bonchev–Trinajstić information content (AvgIpc) is 2.63. The summed E-state index contributed by atoms with van der Waals surface area (Å²) in [5.41, 5.74) is 1.10. The molecule has 1 aliphatic rings. The molecule has 0 atom stereocenters. The second-order valence-corrected chi connectivity index (χ2v) is 6.62. The quantitative estimate of drug-likeness (QED) is 0.855. The summed E-state index contributed by atoms with van der Waals surface area (Å²) < 4.78 is 24.1. The number of amides is 1. The summed E-state index contributed by atoms with van der Waals surface area (Å²) in [6.07, 6.45) is 0. The van der Waals surface area contributed by atoms with E-state index in [2.05, 4.69) is 0 Å². The molecule has 0 aliphatic carbocycles. The average molecular weight is 308 g/mol. The van der Waals surface area contributed by atoms with Crippen molar-refractivity contribution in [2.24, 2.45) is 0 Å². The highest BCUT2D eigenvalue weighted by atomic mass is 35.5. The summed E-state index contributed by atoms with van der Waals surface area (Å²) >= 11 is 6.06. The van der Waals surface area contributed by atoms with Crippen molar-refractivity contribution < 1.29 is 13.2 Å². The van der Waals surface area contributed by atoms with Crippen molar-refractivity contribution in [2.75, 3.05) is 4.90 Å². The fraction of sp³-hybridized carbons (Fsp3) is 0.0714. The Balaban J connectivity index is 2.08. The molecule has 4 nitrogen and oxygen atoms in total. The summed E-state index contributed by atoms with van der Waals surface area (Å²) in [5.74, 6) is 0. The van der Waals surface area contributed by atoms with Gasteiger partial charge in [-0.25, -0.2) is 8.42 Å². The Morgan fingerprint density at radius 3 is 2.40 bits per heavy atom. The van der Waals surface area contributed by atoms with Gasteiger partial charge >= 0.3 is 5.24 Å². The van der Waals surface area contributed by atoms with Crippen molar-refractivity contribution in [1.29, 1.82) is 0 Å². The molecule has 3 rings (SSSR count). The molecule has 0 bridgehead atoms. The molecule has 0 aromatic heterocycles. The topological polar surface area (TPSA) is 54.5 Å². The number of para-hydroxylation sites is 1. The maximum Gasteiger partial charge on any atom is 0.348 e. The van der Waals surface area contributed by atoms with E-state index in [1.807, 2.05) is 0 Å². The molecule has 0 N–H and O–H groups in total. The molecule has 0 fully saturated rings. The molecule has 0 saturated heterocycles. The van der Waals surface area contributed by atoms with Gasteiger partial charge in [0.25, 0.3) is 9.84 Å². The van der Waals surface area contributed by atoms with Gasteiger partial charge in [0.05, 0.1) is 12.2 Å². The molecule has 6 heteroatoms. The van der Waals surface area contributed by atoms with Crippen molar-refractivity contribution in [3.63, 3.8) is 0 Å². The Hall–Kier alpha value is -1.85. The van der Waals surface area contributed by atoms with Gasteiger partial charge in [0, 0.05) is 5.02 Å². The molecule has 0 unspecified atom stereocenters. The normalized spacial score (nSPS) is 16.2. The fourth-order valence-electron chi connectivity index (χ4n) is 2.19. The number of hydrogen-bond acceptors (Lipinski definition) is 3. The Kier molecular flexibility index (Phi) is 3.03. The van der Waals surface area contributed by atoms with Crippen LogP contribution >= 0.6 is 11.6 Å². The van der Waals surface area contributed by atoms with Crippen molar-refractivity contribution in [3.05, 3.63) is 59.1 Å². The molecule has 102 valence electrons. The first kappa shape index (κ1) is 13.1. The first-order valence-electron chi connectivity index (χ1n) is 5.91. The van der Waals surface area contributed by atoms with Crippen molar-refractivity contribution in [2.45, 2.75) is 11.4 Å². The van der Waals surface area contributed by atoms with Gasteiger partial charge in [-0.15, -0.1) is 0 Å². The molecule has 20 heavy (non-hydrogen) atoms. The number of nitrogens with zero attached hydrogens (tertiary/aromatic N) is 1. The maximum absolute atomic E-state index is 12.1. The minimum atomic E-state index is -3.92. The maximum atomic E-state index is 12.1. The fourth-order valence-corrected chi connectivity index (χ4v) is 3.74. The zero-order valence-electron chi connectivity index (χ0n) is 10.3. The van der Waals surface area contributed by atoms with Gasteiger partial charge in [0.15, 0.2) is 0 Å². The first-order chi connectivity index (χ1) is 9.51. The van der Waals surface area contributed by atoms with Crippen LogP contribution < -0.4 is 4.90 Å². The molecular weight excluding hydrogens is 298 g/mol. The van der Waals surface area contributed by atoms with Gasteiger partial charge in [-0.05, 0) is 23.8 Å². The van der Waals surface area contributed by atoms with Crippen molar-refractivity contribution in [1.82, 2.24) is 0 Å². The number of benzene rings is 2. The second kappa shape index (κ2) is 4.61. The van der Waals surface area contributed by atoms with E-state index in [0.29, 0.717) is 16.3 Å². The molecule has 1 heterocycles. The number of hydrogen-bond donors (Lipinski definition) is 0. The van der Waals surface area contributed by atoms with Crippen LogP contribution in [-0.2, 0) is 16.4 Å². The molecule has 1 aliphatic heterocycles. The molecule has 0 spiro atoms. The molecule has 2 aromatic carbocycles. The highest BCUT2D eigenvalue weighted by Crippen LogP contribution is 2.36. The number of halogens is 1. The highest BCUT2D eigenvalue weighted by molar-refractivity contribution is 8.07. The third kappa shape index (κ3) is 1.90. The summed E-state index contributed by atoms with van der Waals surface area (Å²) in [6.45, 7) is 0.134. The minimum Gasteiger partial charge on any atom is -0.293 e. The Bertz CT molecular complexity index is 802. The lowest BCUT2D eigenvalue weighted by Gasteiger charge is -2.16. The van der Waals surface area contributed by atoms with Crippen LogP contribution in [0.15, 0.2) is 53.4 Å². The number of fused-ring (bicyclic) bond motifs is 1. The van der Waals surface area contributed by atoms with E-state index in [0.717, 1.165) is 0 Å². The monoisotopic (exact) mass is 307 g/mol. The zero-order chi connectivity index (χ0) is 14.3. The minimum absolute atomic E-state index is 0.0528. The summed E-state index contributed by atoms with van der Waals surface area (Å²) in [7, 11) is -3.92. The SMILES string of the molecule is O=C1N(Cc2ccccc2Cl)c2ccccc2S1(=O)=O. The van der Waals surface area contributed by atoms with Gasteiger partial charge in [-0.1, -0.05) is 41.9 Å². The molecule has 1 amide bonds. The van der Waals surface area contributed by atoms with E-state index in [1.165, 1.54) is 11.0 Å². The lowest BCUT2D eigenvalue weighted by Crippen LogP contribution is -2.28. The lowest BCUT2D eigenvalue weighted by atomic mass is 10.2. The van der Waals surface area contributed by atoms with E-state index in [4.69, 9.17) is 11.6 Å². The predicted molar refractivity (Wildman–Crippen MR) is 76.7 cm³/mol. The van der Waals surface area contributed by atoms with Crippen LogP contribution in [0.5, 0.6) is 0 Å². The van der Waals surface area contributed by atoms with Crippen LogP contribution in [-0.4, -0.2) is 13.7 Å². The largest absolute Gasteiger partial charge is 0.348 e. The Morgan fingerprint density at radius 1 is 1.00 bits per heavy atom. The number of rotatable bonds is 2. The standard InChI is InChI=1S/C14H10ClNO3S/c15-11-6-2-1-5-10(11)9-16-12-7-3-4-8-13(12)20(18,19)14(16)17/h1-8H,9H2. The van der Waals surface area contributed by atoms with E-state index < -0.39 is 15.1 Å². The number of anilines is 1. The summed E-state index contributed by atoms with van der Waals surface area (Å²) in [6, 6.07) is 13.4. The van der Waals surface area contributed by atoms with Crippen LogP contribution in [0.4, 0.5) is 10.5 Å². The molecule has 0 radical (unpaired) electrons. The summed E-state index contributed by atoms with van der Waals surface area (Å²) in [4.78, 5) is 13.4. The smallest absolute Gasteiger partial charge is 0.293 e. The molecule has 2 aromatic rings. The third-order valence-corrected chi connectivity index (χ3v) is 5.16. The van der Waals surface area contributed by atoms with E-state index >= 15 is 0 Å². The second-order valence-electron chi connectivity index (χ2n) is 4.41. The lowest BCUT2D eigenvalue weighted by molar-refractivity contribution is 0.263. The van der Waals surface area contributed by atoms with E-state index in [9.17, 15) is 13.2 Å². The molecular formula is C14H10ClNO3S. The van der Waals surface area contributed by atoms with E-state index in [-0.39, 0.29) is 11.4 Å². The van der Waals surface area contributed by atoms with Gasteiger partial charge in [-0.2, -0.15) is 0 Å². The van der Waals surface area contributed by atoms with Crippen LogP contribution in [0.3, 0.4) is 0 Å². The zero-order valence-corrected chi connectivity index (χ0v) is 11.9. The van der Waals surface area contributed by atoms with Crippen LogP contribution in [0.2, 0.25) is 5.02 Å². The molecule has 0 saturated carbocycles.